The maximum absolute atomic E-state index is 10.3. The van der Waals surface area contributed by atoms with E-state index < -0.39 is 5.60 Å². The van der Waals surface area contributed by atoms with Crippen LogP contribution in [0.4, 0.5) is 0 Å². The zero-order valence-corrected chi connectivity index (χ0v) is 17.1. The van der Waals surface area contributed by atoms with Crippen LogP contribution in [0.5, 0.6) is 0 Å². The minimum Gasteiger partial charge on any atom is -0.388 e. The van der Waals surface area contributed by atoms with Crippen molar-refractivity contribution in [2.45, 2.75) is 52.6 Å². The third-order valence-electron chi connectivity index (χ3n) is 3.49. The smallest absolute Gasteiger partial charge is 0.191 e. The molecule has 0 saturated carbocycles. The summed E-state index contributed by atoms with van der Waals surface area (Å²) in [6.45, 7) is 10.1. The van der Waals surface area contributed by atoms with Gasteiger partial charge < -0.3 is 15.7 Å². The molecule has 0 spiro atoms. The Morgan fingerprint density at radius 3 is 2.50 bits per heavy atom. The topological polar surface area (TPSA) is 69.5 Å². The highest BCUT2D eigenvalue weighted by atomic mass is 127. The van der Waals surface area contributed by atoms with E-state index in [1.807, 2.05) is 27.0 Å². The number of nitrogens with zero attached hydrogens (tertiary/aromatic N) is 2. The van der Waals surface area contributed by atoms with Crippen molar-refractivity contribution in [3.63, 3.8) is 0 Å². The van der Waals surface area contributed by atoms with E-state index in [1.165, 1.54) is 4.88 Å². The second kappa shape index (κ2) is 11.2. The molecule has 0 bridgehead atoms. The van der Waals surface area contributed by atoms with Crippen LogP contribution in [0.25, 0.3) is 0 Å². The lowest BCUT2D eigenvalue weighted by atomic mass is 9.98. The van der Waals surface area contributed by atoms with E-state index in [0.29, 0.717) is 19.4 Å². The molecule has 3 N–H and O–H groups in total. The molecule has 0 aliphatic heterocycles. The van der Waals surface area contributed by atoms with E-state index in [4.69, 9.17) is 0 Å². The lowest BCUT2D eigenvalue weighted by Crippen LogP contribution is -2.40. The largest absolute Gasteiger partial charge is 0.388 e. The van der Waals surface area contributed by atoms with Gasteiger partial charge in [0.1, 0.15) is 0 Å². The van der Waals surface area contributed by atoms with Crippen molar-refractivity contribution in [2.75, 3.05) is 19.6 Å². The molecule has 0 aromatic carbocycles. The van der Waals surface area contributed by atoms with Crippen LogP contribution >= 0.6 is 35.3 Å². The molecule has 0 atom stereocenters. The van der Waals surface area contributed by atoms with Crippen molar-refractivity contribution in [3.8, 4) is 0 Å². The number of halogens is 1. The van der Waals surface area contributed by atoms with Gasteiger partial charge in [-0.2, -0.15) is 0 Å². The zero-order valence-electron chi connectivity index (χ0n) is 14.0. The monoisotopic (exact) mass is 440 g/mol. The van der Waals surface area contributed by atoms with E-state index in [2.05, 4.69) is 27.5 Å². The van der Waals surface area contributed by atoms with Gasteiger partial charge in [0.15, 0.2) is 5.96 Å². The van der Waals surface area contributed by atoms with E-state index >= 15 is 0 Å². The second-order valence-corrected chi connectivity index (χ2v) is 6.49. The quantitative estimate of drug-likeness (QED) is 0.330. The fraction of sp³-hybridized carbons (Fsp3) is 0.733. The fourth-order valence-electron chi connectivity index (χ4n) is 1.85. The van der Waals surface area contributed by atoms with Gasteiger partial charge in [-0.25, -0.2) is 4.98 Å². The molecule has 0 radical (unpaired) electrons. The number of aliphatic hydroxyl groups is 1. The van der Waals surface area contributed by atoms with Crippen LogP contribution in [0.15, 0.2) is 11.2 Å². The van der Waals surface area contributed by atoms with Gasteiger partial charge in [-0.05, 0) is 26.7 Å². The average Bonchev–Trinajstić information content (AvgIpc) is 2.90. The third-order valence-corrected chi connectivity index (χ3v) is 4.46. The van der Waals surface area contributed by atoms with Crippen molar-refractivity contribution in [1.29, 1.82) is 0 Å². The molecule has 0 fully saturated rings. The van der Waals surface area contributed by atoms with Crippen molar-refractivity contribution in [1.82, 2.24) is 15.6 Å². The Kier molecular flexibility index (Phi) is 11.0. The Bertz CT molecular complexity index is 447. The molecule has 0 aliphatic rings. The highest BCUT2D eigenvalue weighted by molar-refractivity contribution is 14.0. The van der Waals surface area contributed by atoms with Gasteiger partial charge in [-0.3, -0.25) is 4.99 Å². The molecule has 0 aliphatic carbocycles. The molecular formula is C15H29IN4OS. The van der Waals surface area contributed by atoms with Gasteiger partial charge >= 0.3 is 0 Å². The molecule has 5 nitrogen and oxygen atoms in total. The Balaban J connectivity index is 0.00000441. The summed E-state index contributed by atoms with van der Waals surface area (Å²) >= 11 is 1.73. The third kappa shape index (κ3) is 7.73. The van der Waals surface area contributed by atoms with Crippen LogP contribution in [0.2, 0.25) is 0 Å². The SMILES string of the molecule is CCNC(=NCC(O)(CC)CC)NCCc1ncc(C)s1.I. The summed E-state index contributed by atoms with van der Waals surface area (Å²) in [5.41, 5.74) is -0.700. The van der Waals surface area contributed by atoms with Gasteiger partial charge in [-0.1, -0.05) is 13.8 Å². The maximum Gasteiger partial charge on any atom is 0.191 e. The van der Waals surface area contributed by atoms with Crippen LogP contribution in [-0.2, 0) is 6.42 Å². The van der Waals surface area contributed by atoms with Crippen LogP contribution in [0.3, 0.4) is 0 Å². The number of thiazole rings is 1. The van der Waals surface area contributed by atoms with Crippen LogP contribution in [-0.4, -0.2) is 41.3 Å². The maximum atomic E-state index is 10.3. The first-order valence-electron chi connectivity index (χ1n) is 7.68. The van der Waals surface area contributed by atoms with E-state index in [-0.39, 0.29) is 24.0 Å². The van der Waals surface area contributed by atoms with E-state index in [0.717, 1.165) is 30.5 Å². The number of hydrogen-bond acceptors (Lipinski definition) is 4. The van der Waals surface area contributed by atoms with Crippen molar-refractivity contribution < 1.29 is 5.11 Å². The molecule has 22 heavy (non-hydrogen) atoms. The molecule has 1 aromatic rings. The summed E-state index contributed by atoms with van der Waals surface area (Å²) in [5.74, 6) is 0.756. The molecule has 1 rings (SSSR count). The number of rotatable bonds is 8. The molecule has 1 heterocycles. The zero-order chi connectivity index (χ0) is 15.7. The minimum absolute atomic E-state index is 0. The van der Waals surface area contributed by atoms with Crippen LogP contribution in [0.1, 0.15) is 43.5 Å². The molecular weight excluding hydrogens is 411 g/mol. The highest BCUT2D eigenvalue weighted by Gasteiger charge is 2.21. The lowest BCUT2D eigenvalue weighted by molar-refractivity contribution is 0.0418. The summed E-state index contributed by atoms with van der Waals surface area (Å²) in [5, 5.41) is 17.9. The summed E-state index contributed by atoms with van der Waals surface area (Å²) in [6, 6.07) is 0. The summed E-state index contributed by atoms with van der Waals surface area (Å²) in [4.78, 5) is 10.1. The number of aromatic nitrogens is 1. The Labute approximate surface area is 155 Å². The summed E-state index contributed by atoms with van der Waals surface area (Å²) in [7, 11) is 0. The lowest BCUT2D eigenvalue weighted by Gasteiger charge is -2.23. The van der Waals surface area contributed by atoms with Gasteiger partial charge in [0.25, 0.3) is 0 Å². The number of aryl methyl sites for hydroxylation is 1. The first kappa shape index (κ1) is 21.6. The molecule has 0 saturated heterocycles. The normalized spacial score (nSPS) is 12.0. The van der Waals surface area contributed by atoms with Gasteiger partial charge in [-0.15, -0.1) is 35.3 Å². The molecule has 1 aromatic heterocycles. The predicted octanol–water partition coefficient (Wildman–Crippen LogP) is 2.72. The van der Waals surface area contributed by atoms with E-state index in [1.54, 1.807) is 11.3 Å². The van der Waals surface area contributed by atoms with Crippen molar-refractivity contribution in [2.24, 2.45) is 4.99 Å². The average molecular weight is 440 g/mol. The first-order valence-corrected chi connectivity index (χ1v) is 8.50. The van der Waals surface area contributed by atoms with Gasteiger partial charge in [0.2, 0.25) is 0 Å². The van der Waals surface area contributed by atoms with Gasteiger partial charge in [0, 0.05) is 30.6 Å². The summed E-state index contributed by atoms with van der Waals surface area (Å²) in [6.07, 6.45) is 4.21. The van der Waals surface area contributed by atoms with E-state index in [9.17, 15) is 5.11 Å². The number of aliphatic imine (C=N–C) groups is 1. The highest BCUT2D eigenvalue weighted by Crippen LogP contribution is 2.14. The van der Waals surface area contributed by atoms with Gasteiger partial charge in [0.05, 0.1) is 17.2 Å². The van der Waals surface area contributed by atoms with Crippen LogP contribution < -0.4 is 10.6 Å². The number of guanidine groups is 1. The Morgan fingerprint density at radius 2 is 2.00 bits per heavy atom. The molecule has 128 valence electrons. The molecule has 0 unspecified atom stereocenters. The Hall–Kier alpha value is -0.410. The minimum atomic E-state index is -0.700. The number of nitrogens with one attached hydrogen (secondary N) is 2. The molecule has 0 amide bonds. The number of hydrogen-bond donors (Lipinski definition) is 3. The predicted molar refractivity (Wildman–Crippen MR) is 105 cm³/mol. The standard InChI is InChI=1S/C15H28N4OS.HI/c1-5-15(20,6-2)11-19-14(16-7-3)17-9-8-13-18-10-12(4)21-13;/h10,20H,5-9,11H2,1-4H3,(H2,16,17,19);1H. The summed E-state index contributed by atoms with van der Waals surface area (Å²) < 4.78 is 0. The van der Waals surface area contributed by atoms with Crippen molar-refractivity contribution in [3.05, 3.63) is 16.1 Å². The van der Waals surface area contributed by atoms with Crippen molar-refractivity contribution >= 4 is 41.3 Å². The second-order valence-electron chi connectivity index (χ2n) is 5.17. The fourth-order valence-corrected chi connectivity index (χ4v) is 2.63. The van der Waals surface area contributed by atoms with Crippen LogP contribution in [0, 0.1) is 6.92 Å². The Morgan fingerprint density at radius 1 is 1.32 bits per heavy atom. The molecule has 7 heteroatoms. The first-order chi connectivity index (χ1) is 10.0.